The van der Waals surface area contributed by atoms with Gasteiger partial charge in [0.05, 0.1) is 24.4 Å². The van der Waals surface area contributed by atoms with Gasteiger partial charge in [0.2, 0.25) is 0 Å². The van der Waals surface area contributed by atoms with Crippen LogP contribution in [0.15, 0.2) is 30.4 Å². The summed E-state index contributed by atoms with van der Waals surface area (Å²) in [6, 6.07) is 4.82. The zero-order valence-corrected chi connectivity index (χ0v) is 15.3. The molecule has 0 saturated carbocycles. The number of nitrogens with zero attached hydrogens (tertiary/aromatic N) is 1. The van der Waals surface area contributed by atoms with Gasteiger partial charge in [-0.05, 0) is 36.3 Å². The largest absolute Gasteiger partial charge is 0.490 e. The number of methoxy groups -OCH3 is 1. The highest BCUT2D eigenvalue weighted by Gasteiger charge is 2.20. The van der Waals surface area contributed by atoms with E-state index in [1.165, 1.54) is 24.9 Å². The molecule has 136 valence electrons. The lowest BCUT2D eigenvalue weighted by Crippen LogP contribution is -2.22. The Morgan fingerprint density at radius 1 is 1.36 bits per heavy atom. The number of benzene rings is 1. The van der Waals surface area contributed by atoms with Crippen molar-refractivity contribution in [2.75, 3.05) is 19.5 Å². The Bertz CT molecular complexity index is 646. The van der Waals surface area contributed by atoms with Crippen molar-refractivity contribution in [1.82, 2.24) is 0 Å². The number of carbonyl (C=O) groups is 1. The number of ether oxygens (including phenoxy) is 2. The summed E-state index contributed by atoms with van der Waals surface area (Å²) in [6.45, 7) is 2.63. The summed E-state index contributed by atoms with van der Waals surface area (Å²) in [7, 11) is 1.40. The van der Waals surface area contributed by atoms with Crippen molar-refractivity contribution >= 4 is 23.4 Å². The van der Waals surface area contributed by atoms with Gasteiger partial charge in [-0.25, -0.2) is 0 Å². The molecule has 2 atom stereocenters. The normalized spacial score (nSPS) is 19.4. The van der Waals surface area contributed by atoms with Crippen molar-refractivity contribution in [2.24, 2.45) is 11.8 Å². The smallest absolute Gasteiger partial charge is 0.315 e. The molecule has 2 unspecified atom stereocenters. The van der Waals surface area contributed by atoms with Crippen LogP contribution in [-0.4, -0.2) is 30.4 Å². The molecule has 0 N–H and O–H groups in total. The second kappa shape index (κ2) is 9.46. The zero-order chi connectivity index (χ0) is 18.2. The Labute approximate surface area is 151 Å². The van der Waals surface area contributed by atoms with E-state index in [2.05, 4.69) is 19.1 Å². The first-order valence-corrected chi connectivity index (χ1v) is 9.36. The first-order valence-electron chi connectivity index (χ1n) is 8.21. The summed E-state index contributed by atoms with van der Waals surface area (Å²) < 4.78 is 10.3. The molecular formula is C18H23NO5S. The van der Waals surface area contributed by atoms with Crippen LogP contribution in [0.5, 0.6) is 5.75 Å². The Morgan fingerprint density at radius 3 is 2.80 bits per heavy atom. The lowest BCUT2D eigenvalue weighted by atomic mass is 9.85. The fraction of sp³-hybridized carbons (Fsp3) is 0.500. The van der Waals surface area contributed by atoms with Crippen molar-refractivity contribution in [1.29, 1.82) is 0 Å². The Kier molecular flexibility index (Phi) is 7.31. The molecule has 0 heterocycles. The van der Waals surface area contributed by atoms with Crippen molar-refractivity contribution in [3.05, 3.63) is 46.0 Å². The summed E-state index contributed by atoms with van der Waals surface area (Å²) in [6.07, 6.45) is 6.31. The van der Waals surface area contributed by atoms with E-state index in [4.69, 9.17) is 9.47 Å². The predicted molar refractivity (Wildman–Crippen MR) is 97.8 cm³/mol. The van der Waals surface area contributed by atoms with Crippen LogP contribution in [0.2, 0.25) is 0 Å². The molecule has 0 saturated heterocycles. The van der Waals surface area contributed by atoms with Gasteiger partial charge in [-0.1, -0.05) is 25.1 Å². The maximum atomic E-state index is 11.9. The van der Waals surface area contributed by atoms with Gasteiger partial charge in [-0.15, -0.1) is 11.8 Å². The summed E-state index contributed by atoms with van der Waals surface area (Å²) in [5, 5.41) is 11.0. The molecule has 0 fully saturated rings. The van der Waals surface area contributed by atoms with Crippen molar-refractivity contribution < 1.29 is 19.2 Å². The highest BCUT2D eigenvalue weighted by molar-refractivity contribution is 7.99. The molecule has 0 aromatic heterocycles. The molecule has 1 aromatic rings. The summed E-state index contributed by atoms with van der Waals surface area (Å²) >= 11 is 1.38. The van der Waals surface area contributed by atoms with Crippen LogP contribution in [0.1, 0.15) is 25.3 Å². The average molecular weight is 365 g/mol. The van der Waals surface area contributed by atoms with Crippen molar-refractivity contribution in [3.8, 4) is 5.75 Å². The molecule has 1 aliphatic carbocycles. The van der Waals surface area contributed by atoms with Crippen LogP contribution in [0.25, 0.3) is 0 Å². The van der Waals surface area contributed by atoms with Crippen molar-refractivity contribution in [2.45, 2.75) is 25.5 Å². The van der Waals surface area contributed by atoms with Gasteiger partial charge in [0.15, 0.2) is 5.75 Å². The fourth-order valence-corrected chi connectivity index (χ4v) is 3.47. The third-order valence-electron chi connectivity index (χ3n) is 4.31. The van der Waals surface area contributed by atoms with E-state index in [0.29, 0.717) is 24.2 Å². The number of nitro groups is 1. The summed E-state index contributed by atoms with van der Waals surface area (Å²) in [4.78, 5) is 22.4. The third kappa shape index (κ3) is 5.77. The van der Waals surface area contributed by atoms with Crippen LogP contribution in [0.3, 0.4) is 0 Å². The van der Waals surface area contributed by atoms with E-state index in [1.807, 2.05) is 0 Å². The minimum absolute atomic E-state index is 0.0671. The van der Waals surface area contributed by atoms with E-state index in [0.717, 1.165) is 18.4 Å². The fourth-order valence-electron chi connectivity index (χ4n) is 2.70. The Morgan fingerprint density at radius 2 is 2.12 bits per heavy atom. The van der Waals surface area contributed by atoms with Gasteiger partial charge >= 0.3 is 11.7 Å². The first-order chi connectivity index (χ1) is 12.0. The van der Waals surface area contributed by atoms with E-state index in [9.17, 15) is 14.9 Å². The molecule has 1 aromatic carbocycles. The van der Waals surface area contributed by atoms with Crippen LogP contribution in [0.4, 0.5) is 5.69 Å². The number of thioether (sulfide) groups is 1. The molecule has 0 spiro atoms. The van der Waals surface area contributed by atoms with Crippen LogP contribution in [0, 0.1) is 22.0 Å². The minimum atomic E-state index is -0.471. The summed E-state index contributed by atoms with van der Waals surface area (Å²) in [5.74, 6) is 1.65. The summed E-state index contributed by atoms with van der Waals surface area (Å²) in [5.41, 5.74) is 0.707. The molecule has 0 bridgehead atoms. The monoisotopic (exact) mass is 365 g/mol. The quantitative estimate of drug-likeness (QED) is 0.300. The molecule has 0 aliphatic heterocycles. The highest BCUT2D eigenvalue weighted by atomic mass is 32.2. The maximum absolute atomic E-state index is 11.9. The molecular weight excluding hydrogens is 342 g/mol. The van der Waals surface area contributed by atoms with E-state index in [-0.39, 0.29) is 23.2 Å². The average Bonchev–Trinajstić information content (AvgIpc) is 2.61. The number of hydrogen-bond acceptors (Lipinski definition) is 6. The van der Waals surface area contributed by atoms with Gasteiger partial charge in [-0.2, -0.15) is 0 Å². The molecule has 1 aliphatic rings. The molecule has 7 heteroatoms. The van der Waals surface area contributed by atoms with Crippen LogP contribution >= 0.6 is 11.8 Å². The van der Waals surface area contributed by atoms with Crippen LogP contribution < -0.4 is 4.74 Å². The van der Waals surface area contributed by atoms with Gasteiger partial charge < -0.3 is 9.47 Å². The first kappa shape index (κ1) is 19.3. The number of hydrogen-bond donors (Lipinski definition) is 0. The number of esters is 1. The van der Waals surface area contributed by atoms with E-state index < -0.39 is 4.92 Å². The predicted octanol–water partition coefficient (Wildman–Crippen LogP) is 3.98. The standard InChI is InChI=1S/C18H23NO5S/c1-13-5-3-4-6-15(13)10-24-18(20)12-25-11-14-7-8-17(23-2)16(9-14)19(21)22/h3-4,7-9,13,15H,5-6,10-12H2,1-2H3. The van der Waals surface area contributed by atoms with Crippen molar-refractivity contribution in [3.63, 3.8) is 0 Å². The van der Waals surface area contributed by atoms with Gasteiger partial charge in [0.25, 0.3) is 0 Å². The molecule has 2 rings (SSSR count). The van der Waals surface area contributed by atoms with Gasteiger partial charge in [-0.3, -0.25) is 14.9 Å². The zero-order valence-electron chi connectivity index (χ0n) is 14.5. The SMILES string of the molecule is COc1ccc(CSCC(=O)OCC2CC=CCC2C)cc1[N+](=O)[O-]. The molecule has 6 nitrogen and oxygen atoms in total. The third-order valence-corrected chi connectivity index (χ3v) is 5.28. The second-order valence-electron chi connectivity index (χ2n) is 6.12. The number of allylic oxidation sites excluding steroid dienone is 2. The maximum Gasteiger partial charge on any atom is 0.315 e. The van der Waals surface area contributed by atoms with E-state index in [1.54, 1.807) is 12.1 Å². The minimum Gasteiger partial charge on any atom is -0.490 e. The lowest BCUT2D eigenvalue weighted by Gasteiger charge is -2.24. The highest BCUT2D eigenvalue weighted by Crippen LogP contribution is 2.29. The Hall–Kier alpha value is -2.02. The number of nitro benzene ring substituents is 1. The van der Waals surface area contributed by atoms with Crippen LogP contribution in [-0.2, 0) is 15.3 Å². The van der Waals surface area contributed by atoms with Gasteiger partial charge in [0, 0.05) is 11.8 Å². The number of carbonyl (C=O) groups excluding carboxylic acids is 1. The molecule has 25 heavy (non-hydrogen) atoms. The molecule has 0 radical (unpaired) electrons. The topological polar surface area (TPSA) is 78.7 Å². The Balaban J connectivity index is 1.76. The lowest BCUT2D eigenvalue weighted by molar-refractivity contribution is -0.385. The molecule has 0 amide bonds. The number of rotatable bonds is 8. The van der Waals surface area contributed by atoms with E-state index >= 15 is 0 Å². The second-order valence-corrected chi connectivity index (χ2v) is 7.10. The van der Waals surface area contributed by atoms with Gasteiger partial charge in [0.1, 0.15) is 0 Å².